The van der Waals surface area contributed by atoms with E-state index in [9.17, 15) is 14.4 Å². The Kier molecular flexibility index (Phi) is 5.03. The average molecular weight is 338 g/mol. The van der Waals surface area contributed by atoms with E-state index in [0.717, 1.165) is 10.1 Å². The summed E-state index contributed by atoms with van der Waals surface area (Å²) < 4.78 is 1.07. The molecule has 0 fully saturated rings. The second kappa shape index (κ2) is 7.57. The van der Waals surface area contributed by atoms with Gasteiger partial charge in [0.25, 0.3) is 5.56 Å². The number of hydrogen-bond donors (Lipinski definition) is 2. The Morgan fingerprint density at radius 3 is 2.72 bits per heavy atom. The minimum Gasteiger partial charge on any atom is -0.354 e. The molecule has 2 heterocycles. The lowest BCUT2D eigenvalue weighted by Gasteiger charge is -2.08. The zero-order chi connectivity index (χ0) is 17.6. The molecule has 0 aliphatic heterocycles. The van der Waals surface area contributed by atoms with Gasteiger partial charge in [-0.1, -0.05) is 30.3 Å². The Labute approximate surface area is 143 Å². The second-order valence-corrected chi connectivity index (χ2v) is 5.62. The molecule has 1 aromatic carbocycles. The summed E-state index contributed by atoms with van der Waals surface area (Å²) >= 11 is 0. The number of hydrogen-bond acceptors (Lipinski definition) is 4. The lowest BCUT2D eigenvalue weighted by molar-refractivity contribution is -0.121. The van der Waals surface area contributed by atoms with Crippen LogP contribution in [0.25, 0.3) is 11.0 Å². The minimum absolute atomic E-state index is 0.107. The van der Waals surface area contributed by atoms with E-state index in [-0.39, 0.29) is 24.6 Å². The molecule has 0 saturated carbocycles. The number of benzene rings is 1. The van der Waals surface area contributed by atoms with Gasteiger partial charge in [0.15, 0.2) is 0 Å². The summed E-state index contributed by atoms with van der Waals surface area (Å²) in [7, 11) is 0. The normalized spacial score (nSPS) is 10.7. The molecule has 0 radical (unpaired) electrons. The Balaban J connectivity index is 1.59. The maximum atomic E-state index is 12.3. The van der Waals surface area contributed by atoms with Gasteiger partial charge in [-0.15, -0.1) is 0 Å². The molecule has 128 valence electrons. The minimum atomic E-state index is -0.533. The standard InChI is InChI=1S/C18H18N4O3/c23-15(9-8-13-5-2-1-3-6-13)19-11-12-22-17(24)14-7-4-10-20-16(14)21-18(22)25/h1-7,10H,8-9,11-12H2,(H,19,23)(H,20,21,25). The summed E-state index contributed by atoms with van der Waals surface area (Å²) in [5, 5.41) is 3.08. The van der Waals surface area contributed by atoms with E-state index in [1.54, 1.807) is 12.1 Å². The number of aromatic amines is 1. The number of aryl methyl sites for hydroxylation is 1. The number of H-pyrrole nitrogens is 1. The molecule has 25 heavy (non-hydrogen) atoms. The van der Waals surface area contributed by atoms with Gasteiger partial charge in [-0.05, 0) is 24.1 Å². The molecule has 0 atom stereocenters. The molecule has 0 aliphatic rings. The van der Waals surface area contributed by atoms with E-state index in [4.69, 9.17) is 0 Å². The molecule has 3 aromatic rings. The molecule has 0 saturated heterocycles. The fraction of sp³-hybridized carbons (Fsp3) is 0.222. The van der Waals surface area contributed by atoms with Gasteiger partial charge in [-0.2, -0.15) is 0 Å². The van der Waals surface area contributed by atoms with Gasteiger partial charge in [-0.3, -0.25) is 19.1 Å². The number of carbonyl (C=O) groups excluding carboxylic acids is 1. The van der Waals surface area contributed by atoms with E-state index in [1.165, 1.54) is 6.20 Å². The Hall–Kier alpha value is -3.22. The number of pyridine rings is 1. The molecule has 3 rings (SSSR count). The van der Waals surface area contributed by atoms with Crippen LogP contribution >= 0.6 is 0 Å². The van der Waals surface area contributed by atoms with Crippen molar-refractivity contribution in [2.45, 2.75) is 19.4 Å². The average Bonchev–Trinajstić information content (AvgIpc) is 2.63. The van der Waals surface area contributed by atoms with E-state index in [2.05, 4.69) is 15.3 Å². The Bertz CT molecular complexity index is 992. The third-order valence-electron chi connectivity index (χ3n) is 3.89. The van der Waals surface area contributed by atoms with Crippen molar-refractivity contribution in [3.05, 3.63) is 75.1 Å². The van der Waals surface area contributed by atoms with Crippen molar-refractivity contribution in [3.63, 3.8) is 0 Å². The lowest BCUT2D eigenvalue weighted by atomic mass is 10.1. The number of fused-ring (bicyclic) bond motifs is 1. The number of rotatable bonds is 6. The van der Waals surface area contributed by atoms with Crippen LogP contribution in [-0.4, -0.2) is 27.0 Å². The van der Waals surface area contributed by atoms with Crippen LogP contribution in [0.4, 0.5) is 0 Å². The number of nitrogens with zero attached hydrogens (tertiary/aromatic N) is 2. The Morgan fingerprint density at radius 2 is 1.92 bits per heavy atom. The van der Waals surface area contributed by atoms with Crippen molar-refractivity contribution in [2.75, 3.05) is 6.54 Å². The first-order valence-electron chi connectivity index (χ1n) is 8.03. The summed E-state index contributed by atoms with van der Waals surface area (Å²) in [6.45, 7) is 0.318. The van der Waals surface area contributed by atoms with Crippen molar-refractivity contribution in [2.24, 2.45) is 0 Å². The summed E-state index contributed by atoms with van der Waals surface area (Å²) in [6, 6.07) is 13.0. The third-order valence-corrected chi connectivity index (χ3v) is 3.89. The first-order chi connectivity index (χ1) is 12.1. The topological polar surface area (TPSA) is 96.8 Å². The number of amides is 1. The number of aromatic nitrogens is 3. The number of nitrogens with one attached hydrogen (secondary N) is 2. The van der Waals surface area contributed by atoms with E-state index < -0.39 is 11.2 Å². The summed E-state index contributed by atoms with van der Waals surface area (Å²) in [5.41, 5.74) is 0.410. The first-order valence-corrected chi connectivity index (χ1v) is 8.03. The smallest absolute Gasteiger partial charge is 0.330 e. The molecule has 2 aromatic heterocycles. The van der Waals surface area contributed by atoms with Crippen LogP contribution in [0.3, 0.4) is 0 Å². The van der Waals surface area contributed by atoms with Gasteiger partial charge in [0.2, 0.25) is 5.91 Å². The maximum absolute atomic E-state index is 12.3. The molecule has 2 N–H and O–H groups in total. The van der Waals surface area contributed by atoms with Gasteiger partial charge in [0.1, 0.15) is 5.65 Å². The van der Waals surface area contributed by atoms with E-state index >= 15 is 0 Å². The SMILES string of the molecule is O=C(CCc1ccccc1)NCCn1c(=O)[nH]c2ncccc2c1=O. The highest BCUT2D eigenvalue weighted by Gasteiger charge is 2.08. The molecule has 7 nitrogen and oxygen atoms in total. The molecular weight excluding hydrogens is 320 g/mol. The summed E-state index contributed by atoms with van der Waals surface area (Å²) in [6.07, 6.45) is 2.51. The van der Waals surface area contributed by atoms with Crippen LogP contribution in [0, 0.1) is 0 Å². The maximum Gasteiger partial charge on any atom is 0.330 e. The molecule has 1 amide bonds. The van der Waals surface area contributed by atoms with Gasteiger partial charge in [-0.25, -0.2) is 9.78 Å². The van der Waals surface area contributed by atoms with Crippen molar-refractivity contribution in [3.8, 4) is 0 Å². The quantitative estimate of drug-likeness (QED) is 0.696. The summed E-state index contributed by atoms with van der Waals surface area (Å²) in [5.74, 6) is -0.115. The van der Waals surface area contributed by atoms with Crippen LogP contribution < -0.4 is 16.6 Å². The predicted octanol–water partition coefficient (Wildman–Crippen LogP) is 0.834. The van der Waals surface area contributed by atoms with Crippen molar-refractivity contribution in [1.82, 2.24) is 19.9 Å². The summed E-state index contributed by atoms with van der Waals surface area (Å²) in [4.78, 5) is 42.8. The number of carbonyl (C=O) groups is 1. The molecule has 0 unspecified atom stereocenters. The van der Waals surface area contributed by atoms with Crippen molar-refractivity contribution >= 4 is 16.9 Å². The fourth-order valence-electron chi connectivity index (χ4n) is 2.59. The van der Waals surface area contributed by atoms with E-state index in [0.29, 0.717) is 18.2 Å². The van der Waals surface area contributed by atoms with Crippen molar-refractivity contribution < 1.29 is 4.79 Å². The fourth-order valence-corrected chi connectivity index (χ4v) is 2.59. The molecule has 0 bridgehead atoms. The third kappa shape index (κ3) is 4.00. The van der Waals surface area contributed by atoms with E-state index in [1.807, 2.05) is 30.3 Å². The lowest BCUT2D eigenvalue weighted by Crippen LogP contribution is -2.39. The highest BCUT2D eigenvalue weighted by atomic mass is 16.2. The Morgan fingerprint density at radius 1 is 1.12 bits per heavy atom. The molecular formula is C18H18N4O3. The van der Waals surface area contributed by atoms with Crippen LogP contribution in [0.1, 0.15) is 12.0 Å². The van der Waals surface area contributed by atoms with Crippen molar-refractivity contribution in [1.29, 1.82) is 0 Å². The van der Waals surface area contributed by atoms with Crippen LogP contribution in [0.2, 0.25) is 0 Å². The zero-order valence-electron chi connectivity index (χ0n) is 13.6. The second-order valence-electron chi connectivity index (χ2n) is 5.62. The predicted molar refractivity (Wildman–Crippen MR) is 94.4 cm³/mol. The van der Waals surface area contributed by atoms with Gasteiger partial charge in [0.05, 0.1) is 5.39 Å². The van der Waals surface area contributed by atoms with Crippen LogP contribution in [-0.2, 0) is 17.8 Å². The monoisotopic (exact) mass is 338 g/mol. The molecule has 7 heteroatoms. The molecule has 0 aliphatic carbocycles. The highest BCUT2D eigenvalue weighted by Crippen LogP contribution is 2.02. The van der Waals surface area contributed by atoms with Gasteiger partial charge < -0.3 is 5.32 Å². The largest absolute Gasteiger partial charge is 0.354 e. The zero-order valence-corrected chi connectivity index (χ0v) is 13.6. The van der Waals surface area contributed by atoms with Crippen LogP contribution in [0.5, 0.6) is 0 Å². The van der Waals surface area contributed by atoms with Gasteiger partial charge >= 0.3 is 5.69 Å². The first kappa shape index (κ1) is 16.6. The van der Waals surface area contributed by atoms with Gasteiger partial charge in [0, 0.05) is 25.7 Å². The highest BCUT2D eigenvalue weighted by molar-refractivity contribution is 5.76. The van der Waals surface area contributed by atoms with Crippen LogP contribution in [0.15, 0.2) is 58.3 Å². The molecule has 0 spiro atoms.